The van der Waals surface area contributed by atoms with E-state index in [9.17, 15) is 9.59 Å². The van der Waals surface area contributed by atoms with Crippen LogP contribution in [0.15, 0.2) is 54.9 Å². The zero-order valence-corrected chi connectivity index (χ0v) is 21.8. The third-order valence-corrected chi connectivity index (χ3v) is 6.57. The minimum atomic E-state index is -0.0712. The number of ether oxygens (including phenoxy) is 2. The highest BCUT2D eigenvalue weighted by Gasteiger charge is 2.22. The molecule has 0 unspecified atom stereocenters. The zero-order chi connectivity index (χ0) is 27.0. The van der Waals surface area contributed by atoms with Gasteiger partial charge in [-0.3, -0.25) is 14.6 Å². The predicted octanol–water partition coefficient (Wildman–Crippen LogP) is 3.48. The molecule has 0 atom stereocenters. The molecular formula is C28H31N7O4. The van der Waals surface area contributed by atoms with Gasteiger partial charge in [0.25, 0.3) is 5.91 Å². The maximum absolute atomic E-state index is 12.9. The van der Waals surface area contributed by atoms with Crippen molar-refractivity contribution in [1.82, 2.24) is 29.7 Å². The Morgan fingerprint density at radius 3 is 2.51 bits per heavy atom. The number of aromatic amines is 1. The molecular weight excluding hydrogens is 498 g/mol. The van der Waals surface area contributed by atoms with Crippen molar-refractivity contribution in [2.24, 2.45) is 0 Å². The molecule has 2 aliphatic rings. The monoisotopic (exact) mass is 529 g/mol. The average Bonchev–Trinajstić information content (AvgIpc) is 3.71. The van der Waals surface area contributed by atoms with Crippen LogP contribution in [0.3, 0.4) is 0 Å². The number of carbonyl (C=O) groups is 2. The third-order valence-electron chi connectivity index (χ3n) is 6.57. The molecule has 6 rings (SSSR count). The maximum Gasteiger partial charge on any atom is 0.270 e. The standard InChI is InChI=1S/C24H23N7O3.C4H8O/c1-34-18-4-6-25-21(14-18)20-5-7-26-24(29-20)27-17-2-3-19-16(12-17)13-22(28-19)23(33)31-10-8-30(15-32)9-11-31;1-2-4-5-3-1/h2-7,12-15,28H,8-11H2,1H3,(H,26,27,29);1-4H2. The fourth-order valence-electron chi connectivity index (χ4n) is 4.41. The SMILES string of the molecule is C1CCOC1.COc1ccnc(-c2ccnc(Nc3ccc4[nH]c(C(=O)N5CCN(C=O)CC5)cc4c3)n2)c1. The molecule has 11 nitrogen and oxygen atoms in total. The van der Waals surface area contributed by atoms with Gasteiger partial charge < -0.3 is 29.6 Å². The van der Waals surface area contributed by atoms with Crippen molar-refractivity contribution in [2.45, 2.75) is 12.8 Å². The molecule has 2 amide bonds. The molecule has 5 heterocycles. The summed E-state index contributed by atoms with van der Waals surface area (Å²) in [7, 11) is 1.61. The van der Waals surface area contributed by atoms with Crippen molar-refractivity contribution in [3.05, 3.63) is 60.6 Å². The van der Waals surface area contributed by atoms with E-state index in [1.165, 1.54) is 12.8 Å². The molecule has 0 spiro atoms. The first-order valence-electron chi connectivity index (χ1n) is 12.9. The van der Waals surface area contributed by atoms with Gasteiger partial charge in [0.1, 0.15) is 11.4 Å². The van der Waals surface area contributed by atoms with Crippen molar-refractivity contribution < 1.29 is 19.1 Å². The molecule has 0 aliphatic carbocycles. The fourth-order valence-corrected chi connectivity index (χ4v) is 4.41. The molecule has 1 aromatic carbocycles. The highest BCUT2D eigenvalue weighted by atomic mass is 16.5. The van der Waals surface area contributed by atoms with E-state index < -0.39 is 0 Å². The van der Waals surface area contributed by atoms with Gasteiger partial charge in [-0.25, -0.2) is 9.97 Å². The molecule has 202 valence electrons. The summed E-state index contributed by atoms with van der Waals surface area (Å²) in [6.07, 6.45) is 6.72. The molecule has 2 N–H and O–H groups in total. The third kappa shape index (κ3) is 6.50. The first-order valence-corrected chi connectivity index (χ1v) is 12.9. The number of fused-ring (bicyclic) bond motifs is 1. The van der Waals surface area contributed by atoms with E-state index in [0.29, 0.717) is 55.0 Å². The Bertz CT molecular complexity index is 1420. The van der Waals surface area contributed by atoms with E-state index in [-0.39, 0.29) is 5.91 Å². The Morgan fingerprint density at radius 1 is 1.00 bits per heavy atom. The Hall–Kier alpha value is -4.51. The number of anilines is 2. The van der Waals surface area contributed by atoms with Crippen molar-refractivity contribution in [1.29, 1.82) is 0 Å². The minimum Gasteiger partial charge on any atom is -0.497 e. The largest absolute Gasteiger partial charge is 0.497 e. The lowest BCUT2D eigenvalue weighted by molar-refractivity contribution is -0.119. The Morgan fingerprint density at radius 2 is 1.79 bits per heavy atom. The number of benzene rings is 1. The summed E-state index contributed by atoms with van der Waals surface area (Å²) in [5.41, 5.74) is 3.52. The number of hydrogen-bond donors (Lipinski definition) is 2. The number of nitrogens with one attached hydrogen (secondary N) is 2. The smallest absolute Gasteiger partial charge is 0.270 e. The molecule has 0 saturated carbocycles. The van der Waals surface area contributed by atoms with Crippen molar-refractivity contribution in [3.8, 4) is 17.1 Å². The molecule has 0 radical (unpaired) electrons. The van der Waals surface area contributed by atoms with Crippen LogP contribution in [0.25, 0.3) is 22.3 Å². The van der Waals surface area contributed by atoms with E-state index in [2.05, 4.69) is 25.3 Å². The summed E-state index contributed by atoms with van der Waals surface area (Å²) in [5.74, 6) is 1.06. The molecule has 11 heteroatoms. The van der Waals surface area contributed by atoms with Gasteiger partial charge in [-0.2, -0.15) is 0 Å². The maximum atomic E-state index is 12.9. The second kappa shape index (κ2) is 12.4. The summed E-state index contributed by atoms with van der Waals surface area (Å²) in [6.45, 7) is 4.15. The van der Waals surface area contributed by atoms with Crippen LogP contribution in [0.5, 0.6) is 5.75 Å². The lowest BCUT2D eigenvalue weighted by atomic mass is 10.2. The number of aromatic nitrogens is 4. The quantitative estimate of drug-likeness (QED) is 0.364. The second-order valence-corrected chi connectivity index (χ2v) is 9.21. The molecule has 2 aliphatic heterocycles. The number of amides is 2. The zero-order valence-electron chi connectivity index (χ0n) is 21.8. The number of nitrogens with zero attached hydrogens (tertiary/aromatic N) is 5. The molecule has 2 fully saturated rings. The summed E-state index contributed by atoms with van der Waals surface area (Å²) < 4.78 is 10.2. The van der Waals surface area contributed by atoms with E-state index in [1.807, 2.05) is 30.3 Å². The highest BCUT2D eigenvalue weighted by Crippen LogP contribution is 2.24. The lowest BCUT2D eigenvalue weighted by Gasteiger charge is -2.32. The van der Waals surface area contributed by atoms with Gasteiger partial charge in [0.2, 0.25) is 12.4 Å². The Balaban J connectivity index is 0.000000555. The van der Waals surface area contributed by atoms with E-state index in [1.54, 1.807) is 41.4 Å². The Kier molecular flexibility index (Phi) is 8.27. The predicted molar refractivity (Wildman–Crippen MR) is 147 cm³/mol. The van der Waals surface area contributed by atoms with Gasteiger partial charge in [-0.05, 0) is 49.2 Å². The van der Waals surface area contributed by atoms with Gasteiger partial charge in [0.15, 0.2) is 0 Å². The summed E-state index contributed by atoms with van der Waals surface area (Å²) in [4.78, 5) is 43.7. The first kappa shape index (κ1) is 26.1. The number of carbonyl (C=O) groups excluding carboxylic acids is 2. The molecule has 2 saturated heterocycles. The summed E-state index contributed by atoms with van der Waals surface area (Å²) >= 11 is 0. The highest BCUT2D eigenvalue weighted by molar-refractivity contribution is 5.98. The van der Waals surface area contributed by atoms with Crippen LogP contribution < -0.4 is 10.1 Å². The molecule has 39 heavy (non-hydrogen) atoms. The number of methoxy groups -OCH3 is 1. The summed E-state index contributed by atoms with van der Waals surface area (Å²) in [5, 5.41) is 4.11. The van der Waals surface area contributed by atoms with Gasteiger partial charge in [-0.15, -0.1) is 0 Å². The Labute approximate surface area is 226 Å². The van der Waals surface area contributed by atoms with Gasteiger partial charge in [-0.1, -0.05) is 0 Å². The van der Waals surface area contributed by atoms with Crippen LogP contribution in [0, 0.1) is 0 Å². The number of hydrogen-bond acceptors (Lipinski definition) is 8. The van der Waals surface area contributed by atoms with Gasteiger partial charge >= 0.3 is 0 Å². The van der Waals surface area contributed by atoms with E-state index in [4.69, 9.17) is 9.47 Å². The van der Waals surface area contributed by atoms with Crippen LogP contribution in [0.1, 0.15) is 23.3 Å². The van der Waals surface area contributed by atoms with Gasteiger partial charge in [0.05, 0.1) is 18.5 Å². The first-order chi connectivity index (χ1) is 19.1. The minimum absolute atomic E-state index is 0.0712. The average molecular weight is 530 g/mol. The van der Waals surface area contributed by atoms with Crippen LogP contribution in [0.4, 0.5) is 11.6 Å². The topological polar surface area (TPSA) is 126 Å². The number of rotatable bonds is 6. The summed E-state index contributed by atoms with van der Waals surface area (Å²) in [6, 6.07) is 13.0. The normalized spacial score (nSPS) is 15.0. The van der Waals surface area contributed by atoms with Crippen molar-refractivity contribution in [3.63, 3.8) is 0 Å². The lowest BCUT2D eigenvalue weighted by Crippen LogP contribution is -2.48. The van der Waals surface area contributed by atoms with E-state index >= 15 is 0 Å². The number of pyridine rings is 1. The van der Waals surface area contributed by atoms with Gasteiger partial charge in [0, 0.05) is 74.4 Å². The van der Waals surface area contributed by atoms with Crippen molar-refractivity contribution in [2.75, 3.05) is 51.8 Å². The van der Waals surface area contributed by atoms with Crippen LogP contribution in [-0.2, 0) is 9.53 Å². The molecule has 3 aromatic heterocycles. The van der Waals surface area contributed by atoms with E-state index in [0.717, 1.165) is 36.2 Å². The fraction of sp³-hybridized carbons (Fsp3) is 0.321. The van der Waals surface area contributed by atoms with Crippen LogP contribution in [0.2, 0.25) is 0 Å². The van der Waals surface area contributed by atoms with Crippen LogP contribution in [-0.4, -0.2) is 88.6 Å². The van der Waals surface area contributed by atoms with Crippen LogP contribution >= 0.6 is 0 Å². The van der Waals surface area contributed by atoms with Crippen molar-refractivity contribution >= 4 is 34.9 Å². The second-order valence-electron chi connectivity index (χ2n) is 9.21. The molecule has 4 aromatic rings. The number of H-pyrrole nitrogens is 1. The number of piperazine rings is 1. The molecule has 0 bridgehead atoms.